The smallest absolute Gasteiger partial charge is 0.279 e. The lowest BCUT2D eigenvalue weighted by Gasteiger charge is -2.35. The van der Waals surface area contributed by atoms with E-state index >= 15 is 0 Å². The van der Waals surface area contributed by atoms with E-state index in [4.69, 9.17) is 23.2 Å². The molecule has 35 heavy (non-hydrogen) atoms. The van der Waals surface area contributed by atoms with Gasteiger partial charge < -0.3 is 10.2 Å². The minimum atomic E-state index is -0.642. The average molecular weight is 490 g/mol. The summed E-state index contributed by atoms with van der Waals surface area (Å²) in [4.78, 5) is 23.9. The highest BCUT2D eigenvalue weighted by Gasteiger charge is 2.35. The van der Waals surface area contributed by atoms with Gasteiger partial charge in [-0.2, -0.15) is 0 Å². The van der Waals surface area contributed by atoms with Crippen LogP contribution in [0.25, 0.3) is 21.9 Å². The highest BCUT2D eigenvalue weighted by Crippen LogP contribution is 2.40. The summed E-state index contributed by atoms with van der Waals surface area (Å²) >= 11 is 6.69. The Kier molecular flexibility index (Phi) is 5.58. The molecule has 1 N–H and O–H groups in total. The number of hydrogen-bond acceptors (Lipinski definition) is 4. The fourth-order valence-electron chi connectivity index (χ4n) is 5.41. The second-order valence-electron chi connectivity index (χ2n) is 9.77. The van der Waals surface area contributed by atoms with E-state index in [1.807, 2.05) is 24.3 Å². The highest BCUT2D eigenvalue weighted by molar-refractivity contribution is 6.32. The van der Waals surface area contributed by atoms with Crippen molar-refractivity contribution >= 4 is 23.1 Å². The number of piperidine rings is 1. The summed E-state index contributed by atoms with van der Waals surface area (Å²) in [6, 6.07) is 12.2. The minimum Gasteiger partial charge on any atom is -0.355 e. The molecular formula is C27H25ClFN5O. The van der Waals surface area contributed by atoms with Crippen LogP contribution in [-0.4, -0.2) is 35.7 Å². The lowest BCUT2D eigenvalue weighted by Crippen LogP contribution is -2.41. The Morgan fingerprint density at radius 3 is 2.57 bits per heavy atom. The van der Waals surface area contributed by atoms with Crippen molar-refractivity contribution in [2.24, 2.45) is 11.8 Å². The number of nitrogens with one attached hydrogen (secondary N) is 1. The molecule has 6 nitrogen and oxygen atoms in total. The van der Waals surface area contributed by atoms with Crippen LogP contribution < -0.4 is 15.8 Å². The third-order valence-corrected chi connectivity index (χ3v) is 7.87. The van der Waals surface area contributed by atoms with Crippen molar-refractivity contribution < 1.29 is 4.39 Å². The molecule has 178 valence electrons. The van der Waals surface area contributed by atoms with Gasteiger partial charge in [-0.15, -0.1) is 0 Å². The Hall–Kier alpha value is -3.21. The van der Waals surface area contributed by atoms with Gasteiger partial charge in [0.25, 0.3) is 5.56 Å². The standard InChI is InChI=1S/C27H25ClFN5O/c1-30-23-9-6-18(12-22(23)29)25-32-26(33-11-10-19-13-31-14-20(19)15-33)24(28)27(35)34(25)21-7-4-17(5-8-21)16-2-3-16/h4-9,12,16,19-20,31H,2-3,10-11,13-15H2. The lowest BCUT2D eigenvalue weighted by molar-refractivity contribution is 0.347. The zero-order chi connectivity index (χ0) is 24.1. The summed E-state index contributed by atoms with van der Waals surface area (Å²) in [6.45, 7) is 10.7. The molecule has 0 spiro atoms. The molecule has 3 fully saturated rings. The Bertz CT molecular complexity index is 1390. The van der Waals surface area contributed by atoms with E-state index in [-0.39, 0.29) is 16.3 Å². The third-order valence-electron chi connectivity index (χ3n) is 7.54. The summed E-state index contributed by atoms with van der Waals surface area (Å²) in [7, 11) is 0. The maximum atomic E-state index is 14.6. The maximum Gasteiger partial charge on any atom is 0.279 e. The summed E-state index contributed by atoms with van der Waals surface area (Å²) in [6.07, 6.45) is 3.38. The molecule has 1 saturated carbocycles. The number of nitrogens with zero attached hydrogens (tertiary/aromatic N) is 4. The van der Waals surface area contributed by atoms with Crippen molar-refractivity contribution in [2.75, 3.05) is 31.1 Å². The van der Waals surface area contributed by atoms with Gasteiger partial charge in [0, 0.05) is 18.7 Å². The van der Waals surface area contributed by atoms with Gasteiger partial charge in [-0.05, 0) is 73.9 Å². The van der Waals surface area contributed by atoms with E-state index in [1.165, 1.54) is 35.1 Å². The molecule has 3 aliphatic rings. The highest BCUT2D eigenvalue weighted by atomic mass is 35.5. The van der Waals surface area contributed by atoms with Crippen LogP contribution in [0.5, 0.6) is 0 Å². The fourth-order valence-corrected chi connectivity index (χ4v) is 5.65. The molecule has 8 heteroatoms. The Morgan fingerprint density at radius 1 is 1.09 bits per heavy atom. The first-order chi connectivity index (χ1) is 17.0. The van der Waals surface area contributed by atoms with Gasteiger partial charge in [0.05, 0.1) is 12.3 Å². The molecule has 0 bridgehead atoms. The monoisotopic (exact) mass is 489 g/mol. The summed E-state index contributed by atoms with van der Waals surface area (Å²) in [5.74, 6) is 1.82. The molecule has 1 aromatic heterocycles. The van der Waals surface area contributed by atoms with Gasteiger partial charge in [0.2, 0.25) is 5.69 Å². The summed E-state index contributed by atoms with van der Waals surface area (Å²) < 4.78 is 16.1. The van der Waals surface area contributed by atoms with E-state index < -0.39 is 5.82 Å². The predicted molar refractivity (Wildman–Crippen MR) is 135 cm³/mol. The molecule has 1 aliphatic carbocycles. The Balaban J connectivity index is 1.49. The van der Waals surface area contributed by atoms with Crippen molar-refractivity contribution in [1.82, 2.24) is 14.9 Å². The first-order valence-electron chi connectivity index (χ1n) is 12.1. The van der Waals surface area contributed by atoms with Crippen molar-refractivity contribution in [3.8, 4) is 17.1 Å². The summed E-state index contributed by atoms with van der Waals surface area (Å²) in [5.41, 5.74) is 1.85. The van der Waals surface area contributed by atoms with Crippen LogP contribution in [0.2, 0.25) is 5.02 Å². The minimum absolute atomic E-state index is 0.0681. The first kappa shape index (κ1) is 22.3. The SMILES string of the molecule is [C-]#[N+]c1ccc(-c2nc(N3CCC4CNCC4C3)c(Cl)c(=O)n2-c2ccc(C3CC3)cc2)cc1F. The molecule has 2 atom stereocenters. The number of hydrogen-bond donors (Lipinski definition) is 1. The van der Waals surface area contributed by atoms with Crippen molar-refractivity contribution in [1.29, 1.82) is 0 Å². The molecular weight excluding hydrogens is 465 g/mol. The van der Waals surface area contributed by atoms with E-state index in [0.29, 0.717) is 40.6 Å². The van der Waals surface area contributed by atoms with E-state index in [0.717, 1.165) is 32.6 Å². The summed E-state index contributed by atoms with van der Waals surface area (Å²) in [5, 5.41) is 3.52. The molecule has 6 rings (SSSR count). The van der Waals surface area contributed by atoms with E-state index in [2.05, 4.69) is 15.1 Å². The van der Waals surface area contributed by atoms with Crippen LogP contribution in [-0.2, 0) is 0 Å². The molecule has 3 heterocycles. The second-order valence-corrected chi connectivity index (χ2v) is 10.1. The van der Waals surface area contributed by atoms with E-state index in [1.54, 1.807) is 6.07 Å². The number of benzene rings is 2. The topological polar surface area (TPSA) is 54.5 Å². The normalized spacial score (nSPS) is 21.6. The predicted octanol–water partition coefficient (Wildman–Crippen LogP) is 5.17. The van der Waals surface area contributed by atoms with Gasteiger partial charge in [-0.1, -0.05) is 35.9 Å². The second kappa shape index (κ2) is 8.78. The van der Waals surface area contributed by atoms with Crippen molar-refractivity contribution in [3.05, 3.63) is 80.6 Å². The van der Waals surface area contributed by atoms with E-state index in [9.17, 15) is 9.18 Å². The first-order valence-corrected chi connectivity index (χ1v) is 12.5. The molecule has 3 aromatic rings. The van der Waals surface area contributed by atoms with Crippen LogP contribution in [0, 0.1) is 24.2 Å². The quantitative estimate of drug-likeness (QED) is 0.514. The van der Waals surface area contributed by atoms with Gasteiger partial charge >= 0.3 is 0 Å². The molecule has 0 radical (unpaired) electrons. The molecule has 2 aromatic carbocycles. The maximum absolute atomic E-state index is 14.6. The van der Waals surface area contributed by atoms with Gasteiger partial charge in [-0.25, -0.2) is 14.2 Å². The zero-order valence-corrected chi connectivity index (χ0v) is 19.9. The fraction of sp³-hybridized carbons (Fsp3) is 0.370. The largest absolute Gasteiger partial charge is 0.355 e. The van der Waals surface area contributed by atoms with Gasteiger partial charge in [0.15, 0.2) is 5.82 Å². The number of halogens is 2. The van der Waals surface area contributed by atoms with Crippen LogP contribution in [0.4, 0.5) is 15.9 Å². The lowest BCUT2D eigenvalue weighted by atomic mass is 9.89. The van der Waals surface area contributed by atoms with Crippen LogP contribution in [0.3, 0.4) is 0 Å². The van der Waals surface area contributed by atoms with Crippen molar-refractivity contribution in [2.45, 2.75) is 25.2 Å². The molecule has 0 amide bonds. The average Bonchev–Trinajstić information content (AvgIpc) is 3.62. The van der Waals surface area contributed by atoms with Gasteiger partial charge in [0.1, 0.15) is 16.7 Å². The molecule has 2 aliphatic heterocycles. The number of fused-ring (bicyclic) bond motifs is 1. The van der Waals surface area contributed by atoms with Crippen LogP contribution in [0.15, 0.2) is 47.3 Å². The third kappa shape index (κ3) is 4.01. The number of rotatable bonds is 4. The Morgan fingerprint density at radius 2 is 1.86 bits per heavy atom. The van der Waals surface area contributed by atoms with Crippen LogP contribution in [0.1, 0.15) is 30.7 Å². The number of aromatic nitrogens is 2. The van der Waals surface area contributed by atoms with Crippen molar-refractivity contribution in [3.63, 3.8) is 0 Å². The van der Waals surface area contributed by atoms with Gasteiger partial charge in [-0.3, -0.25) is 9.36 Å². The Labute approximate surface area is 208 Å². The molecule has 2 unspecified atom stereocenters. The molecule has 2 saturated heterocycles. The zero-order valence-electron chi connectivity index (χ0n) is 19.2. The number of anilines is 1. The van der Waals surface area contributed by atoms with Crippen LogP contribution >= 0.6 is 11.6 Å².